The molecule has 6 nitrogen and oxygen atoms in total. The van der Waals surface area contributed by atoms with E-state index in [1.165, 1.54) is 5.01 Å². The summed E-state index contributed by atoms with van der Waals surface area (Å²) in [4.78, 5) is 12.7. The lowest BCUT2D eigenvalue weighted by molar-refractivity contribution is -0.117. The number of amides is 1. The molecule has 0 N–H and O–H groups in total. The molecule has 5 rings (SSSR count). The van der Waals surface area contributed by atoms with Gasteiger partial charge in [0.25, 0.3) is 5.91 Å². The minimum atomic E-state index is -0.711. The Kier molecular flexibility index (Phi) is 3.76. The van der Waals surface area contributed by atoms with Crippen LogP contribution in [0.25, 0.3) is 21.9 Å². The average Bonchev–Trinajstić information content (AvgIpc) is 3.24. The number of carbonyl (C=O) groups is 1. The summed E-state index contributed by atoms with van der Waals surface area (Å²) in [5, 5.41) is 16.3. The SMILES string of the molecule is CC1=NN(c2ccccc2)C(=O)[C@@H]1N=Nc1ccc2oc3ccccc3c2c1. The third kappa shape index (κ3) is 2.66. The number of benzene rings is 3. The molecule has 0 saturated heterocycles. The molecule has 1 atom stereocenters. The number of anilines is 1. The monoisotopic (exact) mass is 368 g/mol. The van der Waals surface area contributed by atoms with Crippen LogP contribution in [0.5, 0.6) is 0 Å². The standard InChI is InChI=1S/C22H16N4O2/c1-14-21(22(27)26(25-14)16-7-3-2-4-8-16)24-23-15-11-12-20-18(13-15)17-9-5-6-10-19(17)28-20/h2-13,21H,1H3/t21-/m1/s1. The van der Waals surface area contributed by atoms with E-state index < -0.39 is 6.04 Å². The van der Waals surface area contributed by atoms with E-state index >= 15 is 0 Å². The summed E-state index contributed by atoms with van der Waals surface area (Å²) in [5.41, 5.74) is 3.63. The lowest BCUT2D eigenvalue weighted by Gasteiger charge is -2.11. The third-order valence-corrected chi connectivity index (χ3v) is 4.75. The molecule has 1 aliphatic heterocycles. The van der Waals surface area contributed by atoms with Gasteiger partial charge in [0, 0.05) is 10.8 Å². The summed E-state index contributed by atoms with van der Waals surface area (Å²) < 4.78 is 5.83. The molecule has 0 aliphatic carbocycles. The summed E-state index contributed by atoms with van der Waals surface area (Å²) in [7, 11) is 0. The van der Waals surface area contributed by atoms with E-state index in [1.54, 1.807) is 6.92 Å². The van der Waals surface area contributed by atoms with Gasteiger partial charge < -0.3 is 4.42 Å². The topological polar surface area (TPSA) is 70.5 Å². The first-order valence-electron chi connectivity index (χ1n) is 8.97. The summed E-state index contributed by atoms with van der Waals surface area (Å²) in [6.07, 6.45) is 0. The Morgan fingerprint density at radius 2 is 1.68 bits per heavy atom. The van der Waals surface area contributed by atoms with Crippen LogP contribution in [0.3, 0.4) is 0 Å². The Balaban J connectivity index is 1.45. The number of para-hydroxylation sites is 2. The van der Waals surface area contributed by atoms with Crippen LogP contribution in [0.4, 0.5) is 11.4 Å². The maximum atomic E-state index is 12.7. The van der Waals surface area contributed by atoms with Crippen LogP contribution >= 0.6 is 0 Å². The highest BCUT2D eigenvalue weighted by Crippen LogP contribution is 2.32. The lowest BCUT2D eigenvalue weighted by Crippen LogP contribution is -2.29. The number of hydrogen-bond donors (Lipinski definition) is 0. The molecular weight excluding hydrogens is 352 g/mol. The van der Waals surface area contributed by atoms with Gasteiger partial charge in [0.05, 0.1) is 17.1 Å². The zero-order chi connectivity index (χ0) is 19.1. The van der Waals surface area contributed by atoms with Gasteiger partial charge in [-0.2, -0.15) is 20.3 Å². The molecule has 0 saturated carbocycles. The maximum Gasteiger partial charge on any atom is 0.280 e. The van der Waals surface area contributed by atoms with Gasteiger partial charge in [-0.05, 0) is 43.3 Å². The predicted octanol–water partition coefficient (Wildman–Crippen LogP) is 5.46. The lowest BCUT2D eigenvalue weighted by atomic mass is 10.1. The molecule has 4 aromatic rings. The highest BCUT2D eigenvalue weighted by molar-refractivity contribution is 6.18. The van der Waals surface area contributed by atoms with E-state index in [-0.39, 0.29) is 5.91 Å². The second kappa shape index (κ2) is 6.42. The molecule has 28 heavy (non-hydrogen) atoms. The molecule has 6 heteroatoms. The third-order valence-electron chi connectivity index (χ3n) is 4.75. The van der Waals surface area contributed by atoms with Gasteiger partial charge in [0.2, 0.25) is 0 Å². The fraction of sp³-hybridized carbons (Fsp3) is 0.0909. The van der Waals surface area contributed by atoms with Crippen molar-refractivity contribution in [2.45, 2.75) is 13.0 Å². The van der Waals surface area contributed by atoms with Crippen molar-refractivity contribution in [2.75, 3.05) is 5.01 Å². The highest BCUT2D eigenvalue weighted by atomic mass is 16.3. The minimum absolute atomic E-state index is 0.206. The van der Waals surface area contributed by atoms with Gasteiger partial charge in [0.1, 0.15) is 11.2 Å². The number of carbonyl (C=O) groups excluding carboxylic acids is 1. The second-order valence-corrected chi connectivity index (χ2v) is 6.62. The van der Waals surface area contributed by atoms with E-state index in [2.05, 4.69) is 15.3 Å². The molecule has 0 fully saturated rings. The molecule has 0 unspecified atom stereocenters. The number of furan rings is 1. The van der Waals surface area contributed by atoms with Gasteiger partial charge >= 0.3 is 0 Å². The van der Waals surface area contributed by atoms with E-state index in [4.69, 9.17) is 4.42 Å². The molecule has 3 aromatic carbocycles. The summed E-state index contributed by atoms with van der Waals surface area (Å²) in [6, 6.07) is 22.1. The quantitative estimate of drug-likeness (QED) is 0.450. The van der Waals surface area contributed by atoms with Crippen LogP contribution in [0.1, 0.15) is 6.92 Å². The van der Waals surface area contributed by atoms with E-state index in [0.29, 0.717) is 11.4 Å². The van der Waals surface area contributed by atoms with Crippen LogP contribution in [-0.4, -0.2) is 17.7 Å². The Morgan fingerprint density at radius 1 is 0.929 bits per heavy atom. The molecule has 0 bridgehead atoms. The smallest absolute Gasteiger partial charge is 0.280 e. The first-order valence-corrected chi connectivity index (χ1v) is 8.97. The summed E-state index contributed by atoms with van der Waals surface area (Å²) in [5.74, 6) is -0.206. The molecule has 0 spiro atoms. The van der Waals surface area contributed by atoms with Crippen LogP contribution in [0, 0.1) is 0 Å². The zero-order valence-electron chi connectivity index (χ0n) is 15.1. The Hall–Kier alpha value is -3.80. The summed E-state index contributed by atoms with van der Waals surface area (Å²) >= 11 is 0. The van der Waals surface area contributed by atoms with Crippen molar-refractivity contribution in [3.63, 3.8) is 0 Å². The van der Waals surface area contributed by atoms with Crippen LogP contribution in [0.2, 0.25) is 0 Å². The Bertz CT molecular complexity index is 1260. The molecule has 1 aromatic heterocycles. The van der Waals surface area contributed by atoms with E-state index in [0.717, 1.165) is 27.6 Å². The fourth-order valence-electron chi connectivity index (χ4n) is 3.34. The first kappa shape index (κ1) is 16.4. The van der Waals surface area contributed by atoms with Crippen molar-refractivity contribution in [1.29, 1.82) is 0 Å². The number of nitrogens with zero attached hydrogens (tertiary/aromatic N) is 4. The fourth-order valence-corrected chi connectivity index (χ4v) is 3.34. The normalized spacial score (nSPS) is 17.2. The average molecular weight is 368 g/mol. The zero-order valence-corrected chi connectivity index (χ0v) is 15.1. The van der Waals surface area contributed by atoms with E-state index in [9.17, 15) is 4.79 Å². The van der Waals surface area contributed by atoms with E-state index in [1.807, 2.05) is 72.8 Å². The highest BCUT2D eigenvalue weighted by Gasteiger charge is 2.34. The second-order valence-electron chi connectivity index (χ2n) is 6.62. The molecular formula is C22H16N4O2. The van der Waals surface area contributed by atoms with Gasteiger partial charge in [-0.1, -0.05) is 36.4 Å². The largest absolute Gasteiger partial charge is 0.456 e. The van der Waals surface area contributed by atoms with Crippen molar-refractivity contribution in [3.05, 3.63) is 72.8 Å². The first-order chi connectivity index (χ1) is 13.7. The Labute approximate surface area is 160 Å². The van der Waals surface area contributed by atoms with Gasteiger partial charge in [0.15, 0.2) is 6.04 Å². The number of azo groups is 1. The van der Waals surface area contributed by atoms with Crippen LogP contribution in [0.15, 0.2) is 92.5 Å². The number of fused-ring (bicyclic) bond motifs is 3. The number of hydrogen-bond acceptors (Lipinski definition) is 5. The van der Waals surface area contributed by atoms with Gasteiger partial charge in [-0.25, -0.2) is 0 Å². The molecule has 136 valence electrons. The predicted molar refractivity (Wildman–Crippen MR) is 109 cm³/mol. The maximum absolute atomic E-state index is 12.7. The Morgan fingerprint density at radius 3 is 2.54 bits per heavy atom. The number of rotatable bonds is 3. The van der Waals surface area contributed by atoms with Crippen molar-refractivity contribution < 1.29 is 9.21 Å². The molecule has 0 radical (unpaired) electrons. The van der Waals surface area contributed by atoms with Crippen molar-refractivity contribution in [1.82, 2.24) is 0 Å². The van der Waals surface area contributed by atoms with Crippen LogP contribution < -0.4 is 5.01 Å². The van der Waals surface area contributed by atoms with Crippen molar-refractivity contribution in [3.8, 4) is 0 Å². The van der Waals surface area contributed by atoms with Crippen molar-refractivity contribution >= 4 is 44.9 Å². The molecule has 1 aliphatic rings. The van der Waals surface area contributed by atoms with Crippen LogP contribution in [-0.2, 0) is 4.79 Å². The molecule has 1 amide bonds. The summed E-state index contributed by atoms with van der Waals surface area (Å²) in [6.45, 7) is 1.79. The number of hydrazone groups is 1. The van der Waals surface area contributed by atoms with Gasteiger partial charge in [-0.3, -0.25) is 4.79 Å². The molecule has 2 heterocycles. The van der Waals surface area contributed by atoms with Crippen molar-refractivity contribution in [2.24, 2.45) is 15.3 Å². The minimum Gasteiger partial charge on any atom is -0.456 e. The van der Waals surface area contributed by atoms with Gasteiger partial charge in [-0.15, -0.1) is 0 Å².